The molecule has 0 bridgehead atoms. The number of halogens is 1. The molecule has 1 aromatic carbocycles. The first-order valence-electron chi connectivity index (χ1n) is 7.72. The molecule has 0 unspecified atom stereocenters. The van der Waals surface area contributed by atoms with Gasteiger partial charge in [-0.15, -0.1) is 0 Å². The Kier molecular flexibility index (Phi) is 3.50. The van der Waals surface area contributed by atoms with E-state index >= 15 is 0 Å². The lowest BCUT2D eigenvalue weighted by Crippen LogP contribution is -1.94. The number of nitrogens with two attached hydrogens (primary N) is 1. The molecule has 5 nitrogen and oxygen atoms in total. The Bertz CT molecular complexity index is 1030. The third kappa shape index (κ3) is 2.34. The van der Waals surface area contributed by atoms with Crippen LogP contribution in [0, 0.1) is 0 Å². The molecule has 6 heteroatoms. The average Bonchev–Trinajstić information content (AvgIpc) is 3.19. The zero-order valence-electron chi connectivity index (χ0n) is 13.1. The predicted octanol–water partition coefficient (Wildman–Crippen LogP) is 4.35. The molecule has 0 aliphatic carbocycles. The number of rotatable bonds is 3. The fourth-order valence-electron chi connectivity index (χ4n) is 2.92. The van der Waals surface area contributed by atoms with E-state index in [1.807, 2.05) is 41.2 Å². The molecule has 0 amide bonds. The number of aromatic nitrogens is 4. The van der Waals surface area contributed by atoms with Gasteiger partial charge < -0.3 is 10.7 Å². The molecule has 0 radical (unpaired) electrons. The van der Waals surface area contributed by atoms with Crippen LogP contribution in [0.3, 0.4) is 0 Å². The second kappa shape index (κ2) is 5.69. The summed E-state index contributed by atoms with van der Waals surface area (Å²) in [6.45, 7) is 2.84. The molecule has 0 saturated heterocycles. The minimum absolute atomic E-state index is 0.649. The summed E-state index contributed by atoms with van der Waals surface area (Å²) < 4.78 is 1.92. The smallest absolute Gasteiger partial charge is 0.139 e. The zero-order valence-corrected chi connectivity index (χ0v) is 13.9. The fourth-order valence-corrected chi connectivity index (χ4v) is 3.17. The van der Waals surface area contributed by atoms with Gasteiger partial charge in [0.2, 0.25) is 0 Å². The van der Waals surface area contributed by atoms with Gasteiger partial charge in [-0.3, -0.25) is 4.68 Å². The first-order chi connectivity index (χ1) is 11.7. The van der Waals surface area contributed by atoms with Crippen molar-refractivity contribution in [2.24, 2.45) is 0 Å². The normalized spacial score (nSPS) is 11.2. The molecule has 3 N–H and O–H groups in total. The van der Waals surface area contributed by atoms with E-state index in [0.717, 1.165) is 40.0 Å². The summed E-state index contributed by atoms with van der Waals surface area (Å²) in [5.41, 5.74) is 11.3. The summed E-state index contributed by atoms with van der Waals surface area (Å²) in [4.78, 5) is 7.44. The highest BCUT2D eigenvalue weighted by molar-refractivity contribution is 6.36. The van der Waals surface area contributed by atoms with Gasteiger partial charge in [-0.2, -0.15) is 5.10 Å². The fraction of sp³-hybridized carbons (Fsp3) is 0.111. The Balaban J connectivity index is 2.01. The SMILES string of the molecule is CCn1cc(-c2ccnc3[nH]cc(Cl)c23)c(-c2cccc(N)c2)n1. The maximum Gasteiger partial charge on any atom is 0.139 e. The lowest BCUT2D eigenvalue weighted by molar-refractivity contribution is 0.662. The number of hydrogen-bond acceptors (Lipinski definition) is 3. The highest BCUT2D eigenvalue weighted by Gasteiger charge is 2.17. The first kappa shape index (κ1) is 14.8. The van der Waals surface area contributed by atoms with Gasteiger partial charge in [-0.25, -0.2) is 4.98 Å². The Hall–Kier alpha value is -2.79. The van der Waals surface area contributed by atoms with Crippen LogP contribution in [0.15, 0.2) is 48.9 Å². The standard InChI is InChI=1S/C18H16ClN5/c1-2-24-10-14(17(23-24)11-4-3-5-12(20)8-11)13-6-7-21-18-16(13)15(19)9-22-18/h3-10H,2,20H2,1H3,(H,21,22). The monoisotopic (exact) mass is 337 g/mol. The Morgan fingerprint density at radius 3 is 2.92 bits per heavy atom. The van der Waals surface area contributed by atoms with Gasteiger partial charge in [-0.1, -0.05) is 23.7 Å². The van der Waals surface area contributed by atoms with E-state index in [0.29, 0.717) is 10.7 Å². The number of pyridine rings is 1. The summed E-state index contributed by atoms with van der Waals surface area (Å²) in [5.74, 6) is 0. The zero-order chi connectivity index (χ0) is 16.7. The van der Waals surface area contributed by atoms with Gasteiger partial charge in [-0.05, 0) is 30.7 Å². The number of fused-ring (bicyclic) bond motifs is 1. The van der Waals surface area contributed by atoms with Crippen LogP contribution < -0.4 is 5.73 Å². The number of aromatic amines is 1. The quantitative estimate of drug-likeness (QED) is 0.546. The van der Waals surface area contributed by atoms with Crippen LogP contribution >= 0.6 is 11.6 Å². The molecule has 3 heterocycles. The van der Waals surface area contributed by atoms with Crippen LogP contribution in [-0.2, 0) is 6.54 Å². The highest BCUT2D eigenvalue weighted by Crippen LogP contribution is 2.37. The van der Waals surface area contributed by atoms with Crippen molar-refractivity contribution in [1.82, 2.24) is 19.7 Å². The van der Waals surface area contributed by atoms with Crippen molar-refractivity contribution in [2.75, 3.05) is 5.73 Å². The van der Waals surface area contributed by atoms with Crippen LogP contribution in [0.25, 0.3) is 33.4 Å². The molecule has 0 aliphatic heterocycles. The lowest BCUT2D eigenvalue weighted by Gasteiger charge is -2.05. The lowest BCUT2D eigenvalue weighted by atomic mass is 10.00. The van der Waals surface area contributed by atoms with Crippen molar-refractivity contribution in [2.45, 2.75) is 13.5 Å². The number of nitrogens with zero attached hydrogens (tertiary/aromatic N) is 3. The molecule has 0 saturated carbocycles. The minimum Gasteiger partial charge on any atom is -0.399 e. The summed E-state index contributed by atoms with van der Waals surface area (Å²) in [7, 11) is 0. The van der Waals surface area contributed by atoms with Crippen molar-refractivity contribution in [3.63, 3.8) is 0 Å². The topological polar surface area (TPSA) is 72.5 Å². The van der Waals surface area contributed by atoms with Crippen LogP contribution in [0.4, 0.5) is 5.69 Å². The van der Waals surface area contributed by atoms with Crippen molar-refractivity contribution in [3.05, 3.63) is 53.9 Å². The summed E-state index contributed by atoms with van der Waals surface area (Å²) in [6, 6.07) is 9.72. The number of benzene rings is 1. The molecule has 4 rings (SSSR count). The van der Waals surface area contributed by atoms with E-state index in [1.54, 1.807) is 12.4 Å². The summed E-state index contributed by atoms with van der Waals surface area (Å²) >= 11 is 6.37. The molecule has 0 aliphatic rings. The van der Waals surface area contributed by atoms with E-state index in [4.69, 9.17) is 22.4 Å². The molecular weight excluding hydrogens is 322 g/mol. The molecule has 120 valence electrons. The number of anilines is 1. The maximum atomic E-state index is 6.37. The van der Waals surface area contributed by atoms with Gasteiger partial charge in [0, 0.05) is 47.3 Å². The number of aryl methyl sites for hydroxylation is 1. The van der Waals surface area contributed by atoms with Crippen LogP contribution in [0.1, 0.15) is 6.92 Å². The molecule has 24 heavy (non-hydrogen) atoms. The van der Waals surface area contributed by atoms with Crippen molar-refractivity contribution in [1.29, 1.82) is 0 Å². The van der Waals surface area contributed by atoms with Crippen molar-refractivity contribution >= 4 is 28.3 Å². The van der Waals surface area contributed by atoms with Gasteiger partial charge in [0.25, 0.3) is 0 Å². The number of nitrogen functional groups attached to an aromatic ring is 1. The highest BCUT2D eigenvalue weighted by atomic mass is 35.5. The molecule has 4 aromatic rings. The van der Waals surface area contributed by atoms with E-state index < -0.39 is 0 Å². The maximum absolute atomic E-state index is 6.37. The summed E-state index contributed by atoms with van der Waals surface area (Å²) in [5, 5.41) is 6.28. The second-order valence-corrected chi connectivity index (χ2v) is 6.00. The largest absolute Gasteiger partial charge is 0.399 e. The second-order valence-electron chi connectivity index (χ2n) is 5.59. The van der Waals surface area contributed by atoms with Crippen LogP contribution in [0.2, 0.25) is 5.02 Å². The number of H-pyrrole nitrogens is 1. The third-order valence-corrected chi connectivity index (χ3v) is 4.36. The van der Waals surface area contributed by atoms with Crippen LogP contribution in [-0.4, -0.2) is 19.7 Å². The molecular formula is C18H16ClN5. The predicted molar refractivity (Wildman–Crippen MR) is 97.8 cm³/mol. The molecule has 0 spiro atoms. The Morgan fingerprint density at radius 1 is 1.25 bits per heavy atom. The van der Waals surface area contributed by atoms with Crippen molar-refractivity contribution < 1.29 is 0 Å². The Labute approximate surface area is 144 Å². The Morgan fingerprint density at radius 2 is 2.12 bits per heavy atom. The average molecular weight is 338 g/mol. The van der Waals surface area contributed by atoms with E-state index in [-0.39, 0.29) is 0 Å². The molecule has 0 atom stereocenters. The van der Waals surface area contributed by atoms with Gasteiger partial charge in [0.1, 0.15) is 11.3 Å². The first-order valence-corrected chi connectivity index (χ1v) is 8.10. The third-order valence-electron chi connectivity index (χ3n) is 4.06. The molecule has 0 fully saturated rings. The van der Waals surface area contributed by atoms with Gasteiger partial charge in [0.05, 0.1) is 5.02 Å². The van der Waals surface area contributed by atoms with Gasteiger partial charge >= 0.3 is 0 Å². The molecule has 3 aromatic heterocycles. The summed E-state index contributed by atoms with van der Waals surface area (Å²) in [6.07, 6.45) is 5.57. The van der Waals surface area contributed by atoms with Gasteiger partial charge in [0.15, 0.2) is 0 Å². The number of hydrogen-bond donors (Lipinski definition) is 2. The number of nitrogens with one attached hydrogen (secondary N) is 1. The van der Waals surface area contributed by atoms with Crippen LogP contribution in [0.5, 0.6) is 0 Å². The van der Waals surface area contributed by atoms with Crippen molar-refractivity contribution in [3.8, 4) is 22.4 Å². The van der Waals surface area contributed by atoms with E-state index in [1.165, 1.54) is 0 Å². The van der Waals surface area contributed by atoms with E-state index in [9.17, 15) is 0 Å². The minimum atomic E-state index is 0.649. The van der Waals surface area contributed by atoms with E-state index in [2.05, 4.69) is 16.9 Å².